The van der Waals surface area contributed by atoms with E-state index in [1.165, 1.54) is 11.1 Å². The largest absolute Gasteiger partial charge is 0.481 e. The van der Waals surface area contributed by atoms with Crippen LogP contribution < -0.4 is 14.8 Å². The minimum Gasteiger partial charge on any atom is -0.481 e. The number of aliphatic carboxylic acids is 1. The molecular formula is C25H27BrN2O5. The van der Waals surface area contributed by atoms with E-state index < -0.39 is 5.97 Å². The Morgan fingerprint density at radius 2 is 1.79 bits per heavy atom. The fourth-order valence-electron chi connectivity index (χ4n) is 5.07. The van der Waals surface area contributed by atoms with Crippen molar-refractivity contribution in [3.8, 4) is 11.5 Å². The van der Waals surface area contributed by atoms with Gasteiger partial charge < -0.3 is 19.9 Å². The topological polar surface area (TPSA) is 88.1 Å². The zero-order valence-corrected chi connectivity index (χ0v) is 19.9. The Bertz CT molecular complexity index is 1080. The summed E-state index contributed by atoms with van der Waals surface area (Å²) >= 11 is 3.68. The molecule has 2 aromatic rings. The third-order valence-electron chi connectivity index (χ3n) is 6.98. The van der Waals surface area contributed by atoms with Crippen LogP contribution in [0, 0.1) is 11.8 Å². The van der Waals surface area contributed by atoms with E-state index in [9.17, 15) is 14.7 Å². The molecule has 0 spiro atoms. The maximum absolute atomic E-state index is 13.0. The maximum atomic E-state index is 13.0. The molecule has 1 amide bonds. The first-order chi connectivity index (χ1) is 16.0. The summed E-state index contributed by atoms with van der Waals surface area (Å²) in [6.07, 6.45) is 3.27. The second-order valence-corrected chi connectivity index (χ2v) is 9.93. The number of carbonyl (C=O) groups is 2. The standard InChI is InChI=1S/C25H27BrN2O5/c26-20-6-7-21(27-24(29)16-2-4-17(5-3-16)25(30)31)19-13-28(10-9-18(19)20)12-15-1-8-22-23(11-15)33-14-32-22/h1,6-8,11,16-17H,2-5,9-10,12-14H2,(H,27,29)(H,30,31). The third kappa shape index (κ3) is 4.73. The lowest BCUT2D eigenvalue weighted by molar-refractivity contribution is -0.143. The van der Waals surface area contributed by atoms with Crippen LogP contribution in [0.4, 0.5) is 5.69 Å². The quantitative estimate of drug-likeness (QED) is 0.607. The minimum absolute atomic E-state index is 0.00347. The van der Waals surface area contributed by atoms with Crippen LogP contribution in [0.15, 0.2) is 34.8 Å². The lowest BCUT2D eigenvalue weighted by atomic mass is 9.81. The van der Waals surface area contributed by atoms with Crippen molar-refractivity contribution in [3.05, 3.63) is 51.5 Å². The van der Waals surface area contributed by atoms with Gasteiger partial charge in [0.25, 0.3) is 0 Å². The van der Waals surface area contributed by atoms with Gasteiger partial charge in [0.2, 0.25) is 12.7 Å². The molecule has 0 bridgehead atoms. The van der Waals surface area contributed by atoms with Gasteiger partial charge in [-0.15, -0.1) is 0 Å². The second-order valence-electron chi connectivity index (χ2n) is 9.08. The molecule has 2 aromatic carbocycles. The first kappa shape index (κ1) is 22.2. The van der Waals surface area contributed by atoms with Gasteiger partial charge >= 0.3 is 5.97 Å². The molecule has 2 aliphatic heterocycles. The van der Waals surface area contributed by atoms with Crippen molar-refractivity contribution < 1.29 is 24.2 Å². The van der Waals surface area contributed by atoms with Crippen molar-refractivity contribution in [1.82, 2.24) is 4.90 Å². The van der Waals surface area contributed by atoms with Crippen LogP contribution in [0.25, 0.3) is 0 Å². The monoisotopic (exact) mass is 514 g/mol. The summed E-state index contributed by atoms with van der Waals surface area (Å²) in [5.41, 5.74) is 4.40. The molecule has 0 radical (unpaired) electrons. The van der Waals surface area contributed by atoms with Gasteiger partial charge in [0.15, 0.2) is 11.5 Å². The van der Waals surface area contributed by atoms with Gasteiger partial charge in [0.1, 0.15) is 0 Å². The first-order valence-corrected chi connectivity index (χ1v) is 12.2. The Kier molecular flexibility index (Phi) is 6.29. The molecule has 2 N–H and O–H groups in total. The van der Waals surface area contributed by atoms with Crippen LogP contribution in [0.5, 0.6) is 11.5 Å². The van der Waals surface area contributed by atoms with Crippen LogP contribution in [-0.4, -0.2) is 35.2 Å². The molecule has 1 fully saturated rings. The number of hydrogen-bond acceptors (Lipinski definition) is 5. The summed E-state index contributed by atoms with van der Waals surface area (Å²) in [5.74, 6) is 0.370. The van der Waals surface area contributed by atoms with E-state index in [4.69, 9.17) is 9.47 Å². The van der Waals surface area contributed by atoms with Crippen LogP contribution >= 0.6 is 15.9 Å². The number of nitrogens with zero attached hydrogens (tertiary/aromatic N) is 1. The predicted molar refractivity (Wildman–Crippen MR) is 126 cm³/mol. The lowest BCUT2D eigenvalue weighted by Gasteiger charge is -2.32. The Labute approximate surface area is 201 Å². The smallest absolute Gasteiger partial charge is 0.306 e. The van der Waals surface area contributed by atoms with Gasteiger partial charge in [-0.2, -0.15) is 0 Å². The number of hydrogen-bond donors (Lipinski definition) is 2. The molecule has 0 saturated heterocycles. The van der Waals surface area contributed by atoms with Crippen molar-refractivity contribution in [2.24, 2.45) is 11.8 Å². The van der Waals surface area contributed by atoms with Gasteiger partial charge in [-0.05, 0) is 73.1 Å². The number of carbonyl (C=O) groups excluding carboxylic acids is 1. The van der Waals surface area contributed by atoms with Gasteiger partial charge in [0.05, 0.1) is 5.92 Å². The molecule has 2 heterocycles. The summed E-state index contributed by atoms with van der Waals surface area (Å²) in [4.78, 5) is 26.6. The fourth-order valence-corrected chi connectivity index (χ4v) is 5.64. The van der Waals surface area contributed by atoms with E-state index in [0.717, 1.165) is 53.3 Å². The Morgan fingerprint density at radius 3 is 2.58 bits per heavy atom. The summed E-state index contributed by atoms with van der Waals surface area (Å²) in [6.45, 7) is 2.72. The summed E-state index contributed by atoms with van der Waals surface area (Å²) in [6, 6.07) is 10.0. The van der Waals surface area contributed by atoms with E-state index in [2.05, 4.69) is 32.2 Å². The second kappa shape index (κ2) is 9.35. The molecule has 1 aliphatic carbocycles. The number of carboxylic acids is 1. The Balaban J connectivity index is 1.28. The first-order valence-electron chi connectivity index (χ1n) is 11.4. The van der Waals surface area contributed by atoms with Gasteiger partial charge in [-0.25, -0.2) is 0 Å². The van der Waals surface area contributed by atoms with Crippen molar-refractivity contribution in [3.63, 3.8) is 0 Å². The fraction of sp³-hybridized carbons (Fsp3) is 0.440. The molecule has 0 aromatic heterocycles. The predicted octanol–water partition coefficient (Wildman–Crippen LogP) is 4.57. The average Bonchev–Trinajstić information content (AvgIpc) is 3.29. The number of halogens is 1. The third-order valence-corrected chi connectivity index (χ3v) is 7.72. The number of rotatable bonds is 5. The summed E-state index contributed by atoms with van der Waals surface area (Å²) in [5, 5.41) is 12.4. The van der Waals surface area contributed by atoms with Gasteiger partial charge in [0, 0.05) is 35.7 Å². The van der Waals surface area contributed by atoms with Crippen LogP contribution in [-0.2, 0) is 29.1 Å². The zero-order chi connectivity index (χ0) is 22.9. The Hall–Kier alpha value is -2.58. The molecule has 5 rings (SSSR count). The minimum atomic E-state index is -0.751. The van der Waals surface area contributed by atoms with E-state index in [1.54, 1.807) is 0 Å². The van der Waals surface area contributed by atoms with E-state index in [1.807, 2.05) is 24.3 Å². The van der Waals surface area contributed by atoms with Crippen molar-refractivity contribution in [2.75, 3.05) is 18.7 Å². The molecule has 0 unspecified atom stereocenters. The summed E-state index contributed by atoms with van der Waals surface area (Å²) < 4.78 is 12.0. The van der Waals surface area contributed by atoms with E-state index in [0.29, 0.717) is 25.7 Å². The highest BCUT2D eigenvalue weighted by molar-refractivity contribution is 9.10. The Morgan fingerprint density at radius 1 is 1.03 bits per heavy atom. The molecule has 8 heteroatoms. The molecule has 7 nitrogen and oxygen atoms in total. The number of amides is 1. The molecule has 1 saturated carbocycles. The maximum Gasteiger partial charge on any atom is 0.306 e. The SMILES string of the molecule is O=C(O)C1CCC(C(=O)Nc2ccc(Br)c3c2CN(Cc2ccc4c(c2)OCO4)CC3)CC1. The molecule has 174 valence electrons. The van der Waals surface area contributed by atoms with E-state index >= 15 is 0 Å². The molecular weight excluding hydrogens is 488 g/mol. The van der Waals surface area contributed by atoms with Gasteiger partial charge in [-0.3, -0.25) is 14.5 Å². The number of fused-ring (bicyclic) bond motifs is 2. The molecule has 33 heavy (non-hydrogen) atoms. The van der Waals surface area contributed by atoms with Crippen LogP contribution in [0.1, 0.15) is 42.4 Å². The summed E-state index contributed by atoms with van der Waals surface area (Å²) in [7, 11) is 0. The molecule has 0 atom stereocenters. The number of benzene rings is 2. The number of carboxylic acid groups (broad SMARTS) is 1. The number of ether oxygens (including phenoxy) is 2. The number of anilines is 1. The van der Waals surface area contributed by atoms with Crippen molar-refractivity contribution >= 4 is 33.5 Å². The highest BCUT2D eigenvalue weighted by atomic mass is 79.9. The van der Waals surface area contributed by atoms with Crippen molar-refractivity contribution in [1.29, 1.82) is 0 Å². The van der Waals surface area contributed by atoms with E-state index in [-0.39, 0.29) is 24.5 Å². The highest BCUT2D eigenvalue weighted by Gasteiger charge is 2.31. The van der Waals surface area contributed by atoms with Crippen LogP contribution in [0.2, 0.25) is 0 Å². The van der Waals surface area contributed by atoms with Crippen LogP contribution in [0.3, 0.4) is 0 Å². The lowest BCUT2D eigenvalue weighted by Crippen LogP contribution is -2.33. The highest BCUT2D eigenvalue weighted by Crippen LogP contribution is 2.36. The molecule has 3 aliphatic rings. The average molecular weight is 515 g/mol. The zero-order valence-electron chi connectivity index (χ0n) is 18.3. The van der Waals surface area contributed by atoms with Gasteiger partial charge in [-0.1, -0.05) is 22.0 Å². The normalized spacial score (nSPS) is 22.0. The number of nitrogens with one attached hydrogen (secondary N) is 1. The van der Waals surface area contributed by atoms with Crippen molar-refractivity contribution in [2.45, 2.75) is 45.2 Å².